The van der Waals surface area contributed by atoms with Crippen LogP contribution in [0.4, 0.5) is 0 Å². The Bertz CT molecular complexity index is 1360. The van der Waals surface area contributed by atoms with Gasteiger partial charge in [-0.2, -0.15) is 0 Å². The van der Waals surface area contributed by atoms with Gasteiger partial charge in [0.25, 0.3) is 0 Å². The van der Waals surface area contributed by atoms with Crippen LogP contribution in [0.1, 0.15) is 54.3 Å². The van der Waals surface area contributed by atoms with E-state index in [0.717, 1.165) is 0 Å². The van der Waals surface area contributed by atoms with Crippen molar-refractivity contribution in [2.75, 3.05) is 6.61 Å². The summed E-state index contributed by atoms with van der Waals surface area (Å²) in [5, 5.41) is 16.8. The molecule has 216 valence electrons. The lowest BCUT2D eigenvalue weighted by molar-refractivity contribution is -0.112. The summed E-state index contributed by atoms with van der Waals surface area (Å²) in [4.78, 5) is 44.3. The molecule has 9 nitrogen and oxygen atoms in total. The van der Waals surface area contributed by atoms with E-state index in [1.165, 1.54) is 0 Å². The monoisotopic (exact) mass is 570 g/mol. The first-order chi connectivity index (χ1) is 20.3. The summed E-state index contributed by atoms with van der Waals surface area (Å²) in [5.74, 6) is -2.56. The summed E-state index contributed by atoms with van der Waals surface area (Å²) in [6, 6.07) is 34.1. The van der Waals surface area contributed by atoms with Crippen LogP contribution in [-0.4, -0.2) is 53.1 Å². The molecule has 4 aromatic rings. The highest BCUT2D eigenvalue weighted by Gasteiger charge is 2.29. The van der Waals surface area contributed by atoms with Crippen molar-refractivity contribution in [2.24, 2.45) is 0 Å². The quantitative estimate of drug-likeness (QED) is 0.257. The Labute approximate surface area is 242 Å². The van der Waals surface area contributed by atoms with Crippen molar-refractivity contribution in [1.29, 1.82) is 0 Å². The molecule has 5 rings (SSSR count). The van der Waals surface area contributed by atoms with Gasteiger partial charge in [-0.3, -0.25) is 0 Å². The molecule has 1 aliphatic rings. The van der Waals surface area contributed by atoms with Crippen LogP contribution >= 0.6 is 0 Å². The van der Waals surface area contributed by atoms with Crippen LogP contribution in [-0.2, 0) is 14.2 Å². The molecule has 0 aliphatic carbocycles. The number of carbonyl (C=O) groups excluding carboxylic acids is 2. The first-order valence-corrected chi connectivity index (χ1v) is 13.0. The van der Waals surface area contributed by atoms with E-state index in [0.29, 0.717) is 35.1 Å². The van der Waals surface area contributed by atoms with Gasteiger partial charge in [-0.05, 0) is 55.0 Å². The number of hydrogen-bond donors (Lipinski definition) is 2. The molecule has 1 fully saturated rings. The molecule has 2 N–H and O–H groups in total. The van der Waals surface area contributed by atoms with E-state index >= 15 is 0 Å². The fourth-order valence-electron chi connectivity index (χ4n) is 3.63. The third kappa shape index (κ3) is 10.7. The first-order valence-electron chi connectivity index (χ1n) is 13.0. The Morgan fingerprint density at radius 2 is 0.952 bits per heavy atom. The maximum Gasteiger partial charge on any atom is 0.340 e. The van der Waals surface area contributed by atoms with Gasteiger partial charge in [0.15, 0.2) is 0 Å². The highest BCUT2D eigenvalue weighted by molar-refractivity contribution is 5.90. The zero-order valence-electron chi connectivity index (χ0n) is 22.6. The molecule has 0 amide bonds. The van der Waals surface area contributed by atoms with Gasteiger partial charge in [-0.25, -0.2) is 19.2 Å². The third-order valence-electron chi connectivity index (χ3n) is 5.77. The molecule has 0 saturated carbocycles. The molecule has 4 aromatic carbocycles. The second-order valence-electron chi connectivity index (χ2n) is 8.84. The van der Waals surface area contributed by atoms with Crippen LogP contribution in [0.2, 0.25) is 0 Å². The molecule has 0 radical (unpaired) electrons. The Kier molecular flexibility index (Phi) is 12.5. The minimum absolute atomic E-state index is 0.146. The van der Waals surface area contributed by atoms with Crippen molar-refractivity contribution in [1.82, 2.24) is 0 Å². The lowest BCUT2D eigenvalue weighted by Crippen LogP contribution is -2.22. The van der Waals surface area contributed by atoms with E-state index in [2.05, 4.69) is 0 Å². The summed E-state index contributed by atoms with van der Waals surface area (Å²) >= 11 is 0. The SMILES string of the molecule is O=C(O)c1ccccc1.O=C(O)c1ccccc1.O=C(OCC1CCC(OC(=O)c2ccccc2)O1)c1ccccc1. The summed E-state index contributed by atoms with van der Waals surface area (Å²) in [7, 11) is 0. The molecule has 0 aromatic heterocycles. The van der Waals surface area contributed by atoms with E-state index in [9.17, 15) is 19.2 Å². The smallest absolute Gasteiger partial charge is 0.340 e. The normalized spacial score (nSPS) is 15.0. The molecular weight excluding hydrogens is 540 g/mol. The average molecular weight is 571 g/mol. The average Bonchev–Trinajstić information content (AvgIpc) is 3.49. The third-order valence-corrected chi connectivity index (χ3v) is 5.77. The van der Waals surface area contributed by atoms with E-state index in [1.54, 1.807) is 109 Å². The van der Waals surface area contributed by atoms with Crippen molar-refractivity contribution in [3.8, 4) is 0 Å². The lowest BCUT2D eigenvalue weighted by Gasteiger charge is -2.14. The second kappa shape index (κ2) is 16.7. The van der Waals surface area contributed by atoms with Crippen LogP contribution in [0, 0.1) is 0 Å². The van der Waals surface area contributed by atoms with Crippen LogP contribution < -0.4 is 0 Å². The van der Waals surface area contributed by atoms with Gasteiger partial charge in [0, 0.05) is 6.42 Å². The number of aromatic carboxylic acids is 2. The van der Waals surface area contributed by atoms with Gasteiger partial charge in [0.05, 0.1) is 28.4 Å². The number of carboxylic acids is 2. The predicted molar refractivity (Wildman–Crippen MR) is 153 cm³/mol. The number of benzene rings is 4. The minimum Gasteiger partial charge on any atom is -0.478 e. The number of carbonyl (C=O) groups is 4. The number of ether oxygens (including phenoxy) is 3. The molecule has 9 heteroatoms. The molecule has 0 bridgehead atoms. The van der Waals surface area contributed by atoms with Crippen molar-refractivity contribution in [3.05, 3.63) is 144 Å². The minimum atomic E-state index is -0.879. The van der Waals surface area contributed by atoms with Crippen molar-refractivity contribution in [3.63, 3.8) is 0 Å². The standard InChI is InChI=1S/C19H18O5.2C7H6O2/c20-18(14-7-3-1-4-8-14)22-13-16-11-12-17(23-16)24-19(21)15-9-5-2-6-10-15;2*8-7(9)6-4-2-1-3-5-6/h1-10,16-17H,11-13H2;2*1-5H,(H,8,9). The zero-order chi connectivity index (χ0) is 30.2. The van der Waals surface area contributed by atoms with E-state index < -0.39 is 24.2 Å². The maximum atomic E-state index is 12.0. The molecule has 1 heterocycles. The van der Waals surface area contributed by atoms with Gasteiger partial charge in [-0.1, -0.05) is 72.8 Å². The molecular formula is C33H30O9. The molecule has 0 spiro atoms. The van der Waals surface area contributed by atoms with Crippen LogP contribution in [0.15, 0.2) is 121 Å². The highest BCUT2D eigenvalue weighted by Crippen LogP contribution is 2.22. The summed E-state index contributed by atoms with van der Waals surface area (Å²) in [6.45, 7) is 0.146. The second-order valence-corrected chi connectivity index (χ2v) is 8.84. The Balaban J connectivity index is 0.000000219. The topological polar surface area (TPSA) is 136 Å². The largest absolute Gasteiger partial charge is 0.478 e. The van der Waals surface area contributed by atoms with Crippen LogP contribution in [0.5, 0.6) is 0 Å². The zero-order valence-corrected chi connectivity index (χ0v) is 22.6. The van der Waals surface area contributed by atoms with Crippen molar-refractivity contribution >= 4 is 23.9 Å². The van der Waals surface area contributed by atoms with Crippen LogP contribution in [0.25, 0.3) is 0 Å². The van der Waals surface area contributed by atoms with Crippen LogP contribution in [0.3, 0.4) is 0 Å². The summed E-state index contributed by atoms with van der Waals surface area (Å²) < 4.78 is 16.2. The van der Waals surface area contributed by atoms with Gasteiger partial charge in [0.2, 0.25) is 6.29 Å². The molecule has 1 aliphatic heterocycles. The van der Waals surface area contributed by atoms with Gasteiger partial charge >= 0.3 is 23.9 Å². The molecule has 42 heavy (non-hydrogen) atoms. The number of rotatable bonds is 7. The van der Waals surface area contributed by atoms with Crippen molar-refractivity contribution in [2.45, 2.75) is 25.2 Å². The predicted octanol–water partition coefficient (Wildman–Crippen LogP) is 5.98. The van der Waals surface area contributed by atoms with Gasteiger partial charge < -0.3 is 24.4 Å². The lowest BCUT2D eigenvalue weighted by atomic mass is 10.2. The number of hydrogen-bond acceptors (Lipinski definition) is 7. The molecule has 2 atom stereocenters. The van der Waals surface area contributed by atoms with Crippen molar-refractivity contribution < 1.29 is 43.6 Å². The van der Waals surface area contributed by atoms with Gasteiger partial charge in [-0.15, -0.1) is 0 Å². The van der Waals surface area contributed by atoms with E-state index in [1.807, 2.05) is 12.1 Å². The highest BCUT2D eigenvalue weighted by atomic mass is 16.7. The Morgan fingerprint density at radius 1 is 0.571 bits per heavy atom. The number of esters is 2. The Morgan fingerprint density at radius 3 is 1.33 bits per heavy atom. The summed E-state index contributed by atoms with van der Waals surface area (Å²) in [6.07, 6.45) is 0.408. The molecule has 2 unspecified atom stereocenters. The maximum absolute atomic E-state index is 12.0. The van der Waals surface area contributed by atoms with E-state index in [-0.39, 0.29) is 18.7 Å². The fourth-order valence-corrected chi connectivity index (χ4v) is 3.63. The fraction of sp³-hybridized carbons (Fsp3) is 0.152. The molecule has 1 saturated heterocycles. The van der Waals surface area contributed by atoms with E-state index in [4.69, 9.17) is 24.4 Å². The van der Waals surface area contributed by atoms with Gasteiger partial charge in [0.1, 0.15) is 6.61 Å². The number of carboxylic acid groups (broad SMARTS) is 2. The Hall–Kier alpha value is -5.28. The first kappa shape index (κ1) is 31.3. The summed E-state index contributed by atoms with van der Waals surface area (Å²) in [5.41, 5.74) is 1.65.